The maximum absolute atomic E-state index is 12.5. The molecule has 0 fully saturated rings. The molecular weight excluding hydrogens is 307 g/mol. The number of pyridine rings is 1. The zero-order chi connectivity index (χ0) is 16.9. The van der Waals surface area contributed by atoms with Gasteiger partial charge in [0, 0.05) is 12.4 Å². The van der Waals surface area contributed by atoms with Crippen LogP contribution in [0.1, 0.15) is 22.3 Å². The fraction of sp³-hybridized carbons (Fsp3) is 0.176. The first-order chi connectivity index (χ1) is 10.9. The number of esters is 1. The summed E-state index contributed by atoms with van der Waals surface area (Å²) < 4.78 is 42.0. The lowest BCUT2D eigenvalue weighted by atomic mass is 10.1. The van der Waals surface area contributed by atoms with Crippen molar-refractivity contribution in [3.63, 3.8) is 0 Å². The standard InChI is InChI=1S/C17H14F3NO2/c1-23-16(22)9-14-8-13(10-21-11-14)3-2-12-4-6-15(7-5-12)17(18,19)20/h2-8,10-11H,9H2,1H3. The fourth-order valence-corrected chi connectivity index (χ4v) is 1.91. The highest BCUT2D eigenvalue weighted by atomic mass is 19.4. The second kappa shape index (κ2) is 7.09. The van der Waals surface area contributed by atoms with Gasteiger partial charge in [-0.2, -0.15) is 13.2 Å². The fourth-order valence-electron chi connectivity index (χ4n) is 1.91. The first-order valence-electron chi connectivity index (χ1n) is 6.74. The largest absolute Gasteiger partial charge is 0.469 e. The van der Waals surface area contributed by atoms with Gasteiger partial charge in [0.2, 0.25) is 0 Å². The van der Waals surface area contributed by atoms with Gasteiger partial charge in [-0.25, -0.2) is 0 Å². The SMILES string of the molecule is COC(=O)Cc1cncc(C=Cc2ccc(C(F)(F)F)cc2)c1. The molecule has 1 aromatic heterocycles. The van der Waals surface area contributed by atoms with Crippen molar-refractivity contribution in [1.82, 2.24) is 4.98 Å². The summed E-state index contributed by atoms with van der Waals surface area (Å²) in [6, 6.07) is 6.62. The second-order valence-corrected chi connectivity index (χ2v) is 4.83. The van der Waals surface area contributed by atoms with Gasteiger partial charge in [0.25, 0.3) is 0 Å². The third-order valence-corrected chi connectivity index (χ3v) is 3.10. The molecule has 1 heterocycles. The number of hydrogen-bond acceptors (Lipinski definition) is 3. The number of nitrogens with zero attached hydrogens (tertiary/aromatic N) is 1. The Hall–Kier alpha value is -2.63. The number of alkyl halides is 3. The molecule has 0 radical (unpaired) electrons. The van der Waals surface area contributed by atoms with Gasteiger partial charge in [-0.1, -0.05) is 24.3 Å². The van der Waals surface area contributed by atoms with Gasteiger partial charge < -0.3 is 4.74 Å². The lowest BCUT2D eigenvalue weighted by Gasteiger charge is -2.06. The predicted molar refractivity (Wildman–Crippen MR) is 80.3 cm³/mol. The van der Waals surface area contributed by atoms with Crippen LogP contribution in [0.15, 0.2) is 42.7 Å². The molecule has 0 aliphatic heterocycles. The van der Waals surface area contributed by atoms with E-state index in [1.54, 1.807) is 30.6 Å². The molecule has 1 aromatic carbocycles. The van der Waals surface area contributed by atoms with Gasteiger partial charge in [-0.15, -0.1) is 0 Å². The van der Waals surface area contributed by atoms with Crippen LogP contribution in [0.5, 0.6) is 0 Å². The topological polar surface area (TPSA) is 39.2 Å². The highest BCUT2D eigenvalue weighted by Crippen LogP contribution is 2.29. The minimum atomic E-state index is -4.34. The van der Waals surface area contributed by atoms with Gasteiger partial charge in [-0.05, 0) is 34.9 Å². The number of halogens is 3. The van der Waals surface area contributed by atoms with Crippen LogP contribution in [0.4, 0.5) is 13.2 Å². The minimum absolute atomic E-state index is 0.117. The first kappa shape index (κ1) is 16.7. The van der Waals surface area contributed by atoms with Crippen molar-refractivity contribution in [2.75, 3.05) is 7.11 Å². The molecule has 0 N–H and O–H groups in total. The normalized spacial score (nSPS) is 11.7. The smallest absolute Gasteiger partial charge is 0.416 e. The van der Waals surface area contributed by atoms with Crippen LogP contribution in [0, 0.1) is 0 Å². The van der Waals surface area contributed by atoms with E-state index in [9.17, 15) is 18.0 Å². The second-order valence-electron chi connectivity index (χ2n) is 4.83. The number of rotatable bonds is 4. The van der Waals surface area contributed by atoms with Crippen LogP contribution in [0.25, 0.3) is 12.2 Å². The van der Waals surface area contributed by atoms with E-state index >= 15 is 0 Å². The summed E-state index contributed by atoms with van der Waals surface area (Å²) >= 11 is 0. The number of carbonyl (C=O) groups excluding carboxylic acids is 1. The van der Waals surface area contributed by atoms with Crippen molar-refractivity contribution >= 4 is 18.1 Å². The van der Waals surface area contributed by atoms with Crippen molar-refractivity contribution in [2.45, 2.75) is 12.6 Å². The van der Waals surface area contributed by atoms with Gasteiger partial charge >= 0.3 is 12.1 Å². The molecule has 0 aliphatic carbocycles. The van der Waals surface area contributed by atoms with E-state index in [0.29, 0.717) is 11.1 Å². The summed E-state index contributed by atoms with van der Waals surface area (Å²) in [5.74, 6) is -0.365. The Morgan fingerprint density at radius 2 is 1.78 bits per heavy atom. The zero-order valence-corrected chi connectivity index (χ0v) is 12.3. The highest BCUT2D eigenvalue weighted by Gasteiger charge is 2.29. The van der Waals surface area contributed by atoms with Crippen molar-refractivity contribution in [1.29, 1.82) is 0 Å². The molecule has 2 rings (SSSR count). The third-order valence-electron chi connectivity index (χ3n) is 3.10. The third kappa shape index (κ3) is 4.95. The van der Waals surface area contributed by atoms with Gasteiger partial charge in [0.1, 0.15) is 0 Å². The van der Waals surface area contributed by atoms with E-state index in [-0.39, 0.29) is 12.4 Å². The molecule has 0 saturated carbocycles. The molecule has 0 aliphatic rings. The summed E-state index contributed by atoms with van der Waals surface area (Å²) in [4.78, 5) is 15.2. The van der Waals surface area contributed by atoms with E-state index < -0.39 is 11.7 Å². The van der Waals surface area contributed by atoms with Crippen molar-refractivity contribution in [2.24, 2.45) is 0 Å². The van der Waals surface area contributed by atoms with E-state index in [0.717, 1.165) is 17.7 Å². The number of methoxy groups -OCH3 is 1. The molecule has 2 aromatic rings. The molecule has 120 valence electrons. The summed E-state index contributed by atoms with van der Waals surface area (Å²) in [5, 5.41) is 0. The molecule has 3 nitrogen and oxygen atoms in total. The van der Waals surface area contributed by atoms with Gasteiger partial charge in [-0.3, -0.25) is 9.78 Å². The van der Waals surface area contributed by atoms with Crippen LogP contribution < -0.4 is 0 Å². The monoisotopic (exact) mass is 321 g/mol. The molecule has 6 heteroatoms. The number of ether oxygens (including phenoxy) is 1. The van der Waals surface area contributed by atoms with Crippen molar-refractivity contribution in [3.8, 4) is 0 Å². The number of carbonyl (C=O) groups is 1. The number of aromatic nitrogens is 1. The molecule has 0 unspecified atom stereocenters. The Morgan fingerprint density at radius 1 is 1.13 bits per heavy atom. The van der Waals surface area contributed by atoms with Gasteiger partial charge in [0.15, 0.2) is 0 Å². The quantitative estimate of drug-likeness (QED) is 0.800. The Kier molecular flexibility index (Phi) is 5.16. The number of hydrogen-bond donors (Lipinski definition) is 0. The number of benzene rings is 1. The van der Waals surface area contributed by atoms with Crippen LogP contribution in [0.2, 0.25) is 0 Å². The predicted octanol–water partition coefficient (Wildman–Crippen LogP) is 3.99. The summed E-state index contributed by atoms with van der Waals surface area (Å²) in [6.45, 7) is 0. The van der Waals surface area contributed by atoms with Crippen LogP contribution in [-0.4, -0.2) is 18.1 Å². The summed E-state index contributed by atoms with van der Waals surface area (Å²) in [7, 11) is 1.31. The van der Waals surface area contributed by atoms with E-state index in [1.807, 2.05) is 0 Å². The summed E-state index contributed by atoms with van der Waals surface area (Å²) in [5.41, 5.74) is 1.39. The lowest BCUT2D eigenvalue weighted by Crippen LogP contribution is -2.04. The van der Waals surface area contributed by atoms with Crippen LogP contribution in [0.3, 0.4) is 0 Å². The first-order valence-corrected chi connectivity index (χ1v) is 6.74. The van der Waals surface area contributed by atoms with E-state index in [4.69, 9.17) is 0 Å². The molecule has 0 spiro atoms. The average molecular weight is 321 g/mol. The Bertz CT molecular complexity index is 707. The van der Waals surface area contributed by atoms with E-state index in [2.05, 4.69) is 9.72 Å². The molecule has 0 amide bonds. The van der Waals surface area contributed by atoms with Crippen molar-refractivity contribution in [3.05, 3.63) is 65.0 Å². The lowest BCUT2D eigenvalue weighted by molar-refractivity contribution is -0.140. The molecule has 0 atom stereocenters. The maximum Gasteiger partial charge on any atom is 0.416 e. The molecular formula is C17H14F3NO2. The maximum atomic E-state index is 12.5. The van der Waals surface area contributed by atoms with Crippen molar-refractivity contribution < 1.29 is 22.7 Å². The van der Waals surface area contributed by atoms with Gasteiger partial charge in [0.05, 0.1) is 19.1 Å². The Morgan fingerprint density at radius 3 is 2.39 bits per heavy atom. The molecule has 0 bridgehead atoms. The van der Waals surface area contributed by atoms with Crippen LogP contribution >= 0.6 is 0 Å². The Balaban J connectivity index is 2.11. The molecule has 0 saturated heterocycles. The zero-order valence-electron chi connectivity index (χ0n) is 12.3. The summed E-state index contributed by atoms with van der Waals surface area (Å²) in [6.07, 6.45) is 2.34. The highest BCUT2D eigenvalue weighted by molar-refractivity contribution is 5.73. The average Bonchev–Trinajstić information content (AvgIpc) is 2.53. The molecule has 23 heavy (non-hydrogen) atoms. The minimum Gasteiger partial charge on any atom is -0.469 e. The van der Waals surface area contributed by atoms with Crippen LogP contribution in [-0.2, 0) is 22.1 Å². The van der Waals surface area contributed by atoms with E-state index in [1.165, 1.54) is 19.2 Å². The Labute approximate surface area is 131 Å².